The zero-order valence-corrected chi connectivity index (χ0v) is 27.4. The number of rotatable bonds is 16. The van der Waals surface area contributed by atoms with E-state index in [1.54, 1.807) is 0 Å². The number of carbonyl (C=O) groups is 1. The summed E-state index contributed by atoms with van der Waals surface area (Å²) in [5.74, 6) is 0.476. The first-order chi connectivity index (χ1) is 21.3. The van der Waals surface area contributed by atoms with E-state index in [9.17, 15) is 18.7 Å². The minimum Gasteiger partial charge on any atom is -0.507 e. The van der Waals surface area contributed by atoms with Gasteiger partial charge in [0.15, 0.2) is 5.82 Å². The van der Waals surface area contributed by atoms with Crippen molar-refractivity contribution in [3.8, 4) is 22.8 Å². The Kier molecular flexibility index (Phi) is 17.6. The fraction of sp³-hybridized carbons (Fsp3) is 0.676. The Hall–Kier alpha value is -3.01. The number of phenols is 1. The van der Waals surface area contributed by atoms with Gasteiger partial charge in [-0.05, 0) is 69.1 Å². The molecule has 10 heteroatoms. The zero-order chi connectivity index (χ0) is 32.3. The number of carbonyl (C=O) groups excluding carboxylic acids is 1. The minimum atomic E-state index is -2.98. The van der Waals surface area contributed by atoms with Gasteiger partial charge in [-0.3, -0.25) is 4.79 Å². The third kappa shape index (κ3) is 12.2. The second kappa shape index (κ2) is 20.9. The Balaban J connectivity index is 0.000000742. The Bertz CT molecular complexity index is 1120. The monoisotopic (exact) mass is 621 g/mol. The largest absolute Gasteiger partial charge is 0.507 e. The number of esters is 1. The number of nitrogens with zero attached hydrogens (tertiary/aromatic N) is 2. The predicted octanol–water partition coefficient (Wildman–Crippen LogP) is 8.77. The number of anilines is 1. The van der Waals surface area contributed by atoms with Gasteiger partial charge in [-0.1, -0.05) is 59.8 Å². The summed E-state index contributed by atoms with van der Waals surface area (Å²) in [4.78, 5) is 10.4. The average Bonchev–Trinajstić information content (AvgIpc) is 3.07. The van der Waals surface area contributed by atoms with Crippen molar-refractivity contribution in [2.45, 2.75) is 137 Å². The molecule has 0 saturated heterocycles. The molecule has 248 valence electrons. The minimum absolute atomic E-state index is 0.0880. The molecule has 1 aromatic carbocycles. The fourth-order valence-corrected chi connectivity index (χ4v) is 5.29. The molecule has 0 saturated carbocycles. The first-order valence-electron chi connectivity index (χ1n) is 16.5. The van der Waals surface area contributed by atoms with Gasteiger partial charge >= 0.3 is 12.6 Å². The van der Waals surface area contributed by atoms with Crippen LogP contribution < -0.4 is 10.1 Å². The van der Waals surface area contributed by atoms with Gasteiger partial charge < -0.3 is 24.6 Å². The lowest BCUT2D eigenvalue weighted by Crippen LogP contribution is -2.22. The smallest absolute Gasteiger partial charge is 0.387 e. The van der Waals surface area contributed by atoms with Crippen molar-refractivity contribution in [2.75, 3.05) is 18.5 Å². The summed E-state index contributed by atoms with van der Waals surface area (Å²) in [6.45, 7) is 8.56. The van der Waals surface area contributed by atoms with Crippen molar-refractivity contribution in [3.63, 3.8) is 0 Å². The molecule has 44 heavy (non-hydrogen) atoms. The summed E-state index contributed by atoms with van der Waals surface area (Å²) in [7, 11) is 0. The Morgan fingerprint density at radius 2 is 1.82 bits per heavy atom. The molecule has 0 radical (unpaired) electrons. The maximum Gasteiger partial charge on any atom is 0.387 e. The SMILES string of the molecule is CCCC(=O)OCC.CCCCCCC(CC)Nc1nnc2c(c1CCCC)CCCOCc1cc(OC(F)F)cc(O)c1-2. The van der Waals surface area contributed by atoms with Crippen LogP contribution in [0.15, 0.2) is 12.1 Å². The third-order valence-corrected chi connectivity index (χ3v) is 7.57. The highest BCUT2D eigenvalue weighted by Gasteiger charge is 2.25. The van der Waals surface area contributed by atoms with Gasteiger partial charge in [0.2, 0.25) is 0 Å². The summed E-state index contributed by atoms with van der Waals surface area (Å²) in [6.07, 6.45) is 12.8. The van der Waals surface area contributed by atoms with Crippen LogP contribution in [0.1, 0.15) is 122 Å². The molecule has 8 nitrogen and oxygen atoms in total. The molecule has 0 amide bonds. The number of aromatic hydroxyl groups is 1. The van der Waals surface area contributed by atoms with Crippen molar-refractivity contribution in [3.05, 3.63) is 28.8 Å². The first kappa shape index (κ1) is 37.2. The van der Waals surface area contributed by atoms with Crippen LogP contribution in [0.3, 0.4) is 0 Å². The summed E-state index contributed by atoms with van der Waals surface area (Å²) < 4.78 is 40.7. The predicted molar refractivity (Wildman–Crippen MR) is 170 cm³/mol. The Labute approximate surface area is 262 Å². The van der Waals surface area contributed by atoms with E-state index in [0.29, 0.717) is 42.5 Å². The molecule has 1 aromatic heterocycles. The lowest BCUT2D eigenvalue weighted by molar-refractivity contribution is -0.143. The molecule has 1 aliphatic rings. The summed E-state index contributed by atoms with van der Waals surface area (Å²) in [5, 5.41) is 23.8. The van der Waals surface area contributed by atoms with E-state index in [1.807, 2.05) is 13.8 Å². The molecule has 1 atom stereocenters. The maximum atomic E-state index is 12.8. The lowest BCUT2D eigenvalue weighted by atomic mass is 9.92. The van der Waals surface area contributed by atoms with Crippen molar-refractivity contribution in [1.82, 2.24) is 10.2 Å². The summed E-state index contributed by atoms with van der Waals surface area (Å²) >= 11 is 0. The number of unbranched alkanes of at least 4 members (excludes halogenated alkanes) is 4. The third-order valence-electron chi connectivity index (χ3n) is 7.57. The van der Waals surface area contributed by atoms with E-state index in [4.69, 9.17) is 4.74 Å². The van der Waals surface area contributed by atoms with Crippen LogP contribution in [0.4, 0.5) is 14.6 Å². The number of hydrogen-bond acceptors (Lipinski definition) is 8. The fourth-order valence-electron chi connectivity index (χ4n) is 5.29. The highest BCUT2D eigenvalue weighted by molar-refractivity contribution is 5.76. The zero-order valence-electron chi connectivity index (χ0n) is 27.4. The number of alkyl halides is 2. The molecule has 2 aromatic rings. The van der Waals surface area contributed by atoms with Gasteiger partial charge in [-0.2, -0.15) is 8.78 Å². The molecule has 0 bridgehead atoms. The molecule has 3 rings (SSSR count). The van der Waals surface area contributed by atoms with Crippen molar-refractivity contribution in [1.29, 1.82) is 0 Å². The molecule has 0 fully saturated rings. The summed E-state index contributed by atoms with van der Waals surface area (Å²) in [5.41, 5.74) is 3.83. The molecule has 1 unspecified atom stereocenters. The van der Waals surface area contributed by atoms with Crippen molar-refractivity contribution in [2.24, 2.45) is 0 Å². The van der Waals surface area contributed by atoms with Crippen LogP contribution in [-0.4, -0.2) is 47.1 Å². The standard InChI is InChI=1S/C28H41F2N3O3.C6H12O2/c1-4-7-9-10-12-20(6-3)31-27-23(13-8-5-2)22-14-11-15-35-18-19-16-21(36-28(29)30)17-24(34)25(19)26(22)32-33-27;1-3-5-6(7)8-4-2/h16-17,20,28,34H,4-15,18H2,1-3H3,(H,31,33);3-5H2,1-2H3. The summed E-state index contributed by atoms with van der Waals surface area (Å²) in [6, 6.07) is 3.04. The van der Waals surface area contributed by atoms with Crippen molar-refractivity contribution < 1.29 is 32.9 Å². The highest BCUT2D eigenvalue weighted by atomic mass is 19.3. The van der Waals surface area contributed by atoms with Crippen LogP contribution in [0.2, 0.25) is 0 Å². The van der Waals surface area contributed by atoms with E-state index in [0.717, 1.165) is 68.3 Å². The molecule has 0 spiro atoms. The van der Waals surface area contributed by atoms with Gasteiger partial charge in [0.05, 0.1) is 13.2 Å². The van der Waals surface area contributed by atoms with Crippen LogP contribution in [0, 0.1) is 0 Å². The van der Waals surface area contributed by atoms with Gasteiger partial charge in [0.25, 0.3) is 0 Å². The number of benzene rings is 1. The normalized spacial score (nSPS) is 13.4. The molecule has 2 N–H and O–H groups in total. The lowest BCUT2D eigenvalue weighted by Gasteiger charge is -2.23. The van der Waals surface area contributed by atoms with Crippen molar-refractivity contribution >= 4 is 11.8 Å². The number of ether oxygens (including phenoxy) is 3. The topological polar surface area (TPSA) is 103 Å². The maximum absolute atomic E-state index is 12.8. The molecule has 1 aliphatic heterocycles. The number of hydrogen-bond donors (Lipinski definition) is 2. The Morgan fingerprint density at radius 3 is 2.48 bits per heavy atom. The average molecular weight is 622 g/mol. The Morgan fingerprint density at radius 1 is 1.05 bits per heavy atom. The van der Waals surface area contributed by atoms with E-state index >= 15 is 0 Å². The van der Waals surface area contributed by atoms with Crippen LogP contribution in [-0.2, 0) is 33.7 Å². The highest BCUT2D eigenvalue weighted by Crippen LogP contribution is 2.41. The second-order valence-corrected chi connectivity index (χ2v) is 11.1. The van der Waals surface area contributed by atoms with Gasteiger partial charge in [-0.25, -0.2) is 0 Å². The van der Waals surface area contributed by atoms with Crippen LogP contribution >= 0.6 is 0 Å². The first-order valence-corrected chi connectivity index (χ1v) is 16.5. The van der Waals surface area contributed by atoms with Crippen LogP contribution in [0.5, 0.6) is 11.5 Å². The number of aromatic nitrogens is 2. The van der Waals surface area contributed by atoms with E-state index in [-0.39, 0.29) is 24.1 Å². The second-order valence-electron chi connectivity index (χ2n) is 11.1. The van der Waals surface area contributed by atoms with Gasteiger partial charge in [0.1, 0.15) is 17.2 Å². The molecule has 2 heterocycles. The van der Waals surface area contributed by atoms with E-state index < -0.39 is 6.61 Å². The van der Waals surface area contributed by atoms with Crippen LogP contribution in [0.25, 0.3) is 11.3 Å². The van der Waals surface area contributed by atoms with Gasteiger partial charge in [-0.15, -0.1) is 10.2 Å². The number of phenolic OH excluding ortho intramolecular Hbond substituents is 1. The molecule has 0 aliphatic carbocycles. The molecular weight excluding hydrogens is 568 g/mol. The quantitative estimate of drug-likeness (QED) is 0.142. The number of fused-ring (bicyclic) bond motifs is 3. The van der Waals surface area contributed by atoms with E-state index in [2.05, 4.69) is 45.8 Å². The number of halogens is 2. The van der Waals surface area contributed by atoms with Gasteiger partial charge in [0, 0.05) is 36.3 Å². The van der Waals surface area contributed by atoms with E-state index in [1.165, 1.54) is 37.8 Å². The number of nitrogens with one attached hydrogen (secondary N) is 1. The molecular formula is C34H53F2N3O5.